The van der Waals surface area contributed by atoms with Gasteiger partial charge in [-0.3, -0.25) is 4.79 Å². The average molecular weight is 343 g/mol. The summed E-state index contributed by atoms with van der Waals surface area (Å²) in [4.78, 5) is 14.1. The predicted molar refractivity (Wildman–Crippen MR) is 87.8 cm³/mol. The molecule has 130 valence electrons. The van der Waals surface area contributed by atoms with Gasteiger partial charge in [0.2, 0.25) is 0 Å². The van der Waals surface area contributed by atoms with E-state index in [1.54, 1.807) is 41.9 Å². The van der Waals surface area contributed by atoms with E-state index in [4.69, 9.17) is 0 Å². The molecular weight excluding hydrogens is 325 g/mol. The predicted octanol–water partition coefficient (Wildman–Crippen LogP) is 1.71. The maximum absolute atomic E-state index is 13.2. The van der Waals surface area contributed by atoms with Crippen molar-refractivity contribution in [1.82, 2.24) is 35.3 Å². The van der Waals surface area contributed by atoms with Crippen LogP contribution in [0.2, 0.25) is 0 Å². The van der Waals surface area contributed by atoms with E-state index >= 15 is 0 Å². The summed E-state index contributed by atoms with van der Waals surface area (Å²) in [6, 6.07) is 6.07. The third-order valence-corrected chi connectivity index (χ3v) is 3.91. The van der Waals surface area contributed by atoms with Crippen LogP contribution in [-0.2, 0) is 0 Å². The number of carbonyl (C=O) groups excluding carboxylic acids is 1. The first-order chi connectivity index (χ1) is 12.0. The summed E-state index contributed by atoms with van der Waals surface area (Å²) < 4.78 is 14.8. The molecule has 1 aromatic carbocycles. The van der Waals surface area contributed by atoms with E-state index < -0.39 is 0 Å². The molecule has 8 nitrogen and oxygen atoms in total. The van der Waals surface area contributed by atoms with E-state index in [0.29, 0.717) is 18.1 Å². The van der Waals surface area contributed by atoms with Crippen molar-refractivity contribution in [2.45, 2.75) is 19.8 Å². The minimum Gasteiger partial charge on any atom is -0.340 e. The number of H-pyrrole nitrogens is 1. The molecule has 0 bridgehead atoms. The monoisotopic (exact) mass is 343 g/mol. The molecule has 0 spiro atoms. The molecule has 0 aliphatic heterocycles. The van der Waals surface area contributed by atoms with Crippen molar-refractivity contribution >= 4 is 5.91 Å². The highest BCUT2D eigenvalue weighted by Gasteiger charge is 2.20. The first kappa shape index (κ1) is 16.7. The Morgan fingerprint density at radius 3 is 2.88 bits per heavy atom. The van der Waals surface area contributed by atoms with Gasteiger partial charge in [-0.25, -0.2) is 9.07 Å². The van der Waals surface area contributed by atoms with Gasteiger partial charge in [0.25, 0.3) is 5.91 Å². The van der Waals surface area contributed by atoms with Crippen LogP contribution >= 0.6 is 0 Å². The minimum absolute atomic E-state index is 0.0610. The molecule has 0 aliphatic rings. The van der Waals surface area contributed by atoms with Gasteiger partial charge in [-0.15, -0.1) is 10.2 Å². The molecule has 0 radical (unpaired) electrons. The Morgan fingerprint density at radius 2 is 2.20 bits per heavy atom. The van der Waals surface area contributed by atoms with Gasteiger partial charge in [0.05, 0.1) is 5.69 Å². The number of carbonyl (C=O) groups is 1. The van der Waals surface area contributed by atoms with Crippen molar-refractivity contribution < 1.29 is 9.18 Å². The zero-order valence-corrected chi connectivity index (χ0v) is 14.1. The SMILES string of the molecule is Cc1cc(F)ccc1-n1ccc(C(=O)N(C)C[C@@H](C)c2nn[nH]n2)n1. The van der Waals surface area contributed by atoms with Gasteiger partial charge in [0.1, 0.15) is 5.82 Å². The van der Waals surface area contributed by atoms with Crippen molar-refractivity contribution in [2.24, 2.45) is 0 Å². The second kappa shape index (κ2) is 6.80. The maximum atomic E-state index is 13.2. The number of tetrazole rings is 1. The molecule has 2 heterocycles. The van der Waals surface area contributed by atoms with Crippen molar-refractivity contribution in [3.63, 3.8) is 0 Å². The molecule has 3 rings (SSSR count). The van der Waals surface area contributed by atoms with Gasteiger partial charge in [-0.05, 0) is 36.8 Å². The molecule has 0 saturated heterocycles. The van der Waals surface area contributed by atoms with Crippen LogP contribution in [0.4, 0.5) is 4.39 Å². The van der Waals surface area contributed by atoms with Crippen LogP contribution in [0.5, 0.6) is 0 Å². The van der Waals surface area contributed by atoms with Crippen LogP contribution in [0.25, 0.3) is 5.69 Å². The number of nitrogens with zero attached hydrogens (tertiary/aromatic N) is 6. The average Bonchev–Trinajstić information content (AvgIpc) is 3.26. The van der Waals surface area contributed by atoms with E-state index in [1.807, 2.05) is 6.92 Å². The smallest absolute Gasteiger partial charge is 0.274 e. The van der Waals surface area contributed by atoms with E-state index in [-0.39, 0.29) is 17.6 Å². The molecule has 0 saturated carbocycles. The van der Waals surface area contributed by atoms with E-state index in [2.05, 4.69) is 25.7 Å². The standard InChI is InChI=1S/C16H18FN7O/c1-10-8-12(17)4-5-14(10)24-7-6-13(20-24)16(25)23(3)9-11(2)15-18-21-22-19-15/h4-8,11H,9H2,1-3H3,(H,18,19,21,22)/t11-/m1/s1. The third kappa shape index (κ3) is 3.54. The van der Waals surface area contributed by atoms with E-state index in [9.17, 15) is 9.18 Å². The Morgan fingerprint density at radius 1 is 1.40 bits per heavy atom. The van der Waals surface area contributed by atoms with Crippen LogP contribution < -0.4 is 0 Å². The normalized spacial score (nSPS) is 12.2. The highest BCUT2D eigenvalue weighted by Crippen LogP contribution is 2.16. The fraction of sp³-hybridized carbons (Fsp3) is 0.312. The van der Waals surface area contributed by atoms with Gasteiger partial charge in [-0.1, -0.05) is 12.1 Å². The molecule has 1 amide bonds. The quantitative estimate of drug-likeness (QED) is 0.761. The highest BCUT2D eigenvalue weighted by atomic mass is 19.1. The zero-order chi connectivity index (χ0) is 18.0. The number of amides is 1. The Kier molecular flexibility index (Phi) is 4.55. The lowest BCUT2D eigenvalue weighted by Crippen LogP contribution is -2.31. The number of likely N-dealkylation sites (N-methyl/N-ethyl adjacent to an activating group) is 1. The van der Waals surface area contributed by atoms with Gasteiger partial charge in [-0.2, -0.15) is 10.3 Å². The number of aromatic amines is 1. The second-order valence-electron chi connectivity index (χ2n) is 5.93. The van der Waals surface area contributed by atoms with E-state index in [1.165, 1.54) is 12.1 Å². The number of nitrogens with one attached hydrogen (secondary N) is 1. The van der Waals surface area contributed by atoms with Gasteiger partial charge >= 0.3 is 0 Å². The fourth-order valence-corrected chi connectivity index (χ4v) is 2.60. The second-order valence-corrected chi connectivity index (χ2v) is 5.93. The summed E-state index contributed by atoms with van der Waals surface area (Å²) in [6.45, 7) is 4.14. The lowest BCUT2D eigenvalue weighted by atomic mass is 10.1. The van der Waals surface area contributed by atoms with Crippen molar-refractivity contribution in [2.75, 3.05) is 13.6 Å². The van der Waals surface area contributed by atoms with E-state index in [0.717, 1.165) is 11.3 Å². The number of rotatable bonds is 5. The molecule has 9 heteroatoms. The minimum atomic E-state index is -0.306. The third-order valence-electron chi connectivity index (χ3n) is 3.91. The maximum Gasteiger partial charge on any atom is 0.274 e. The molecule has 0 unspecified atom stereocenters. The van der Waals surface area contributed by atoms with Crippen molar-refractivity contribution in [3.05, 3.63) is 53.4 Å². The Balaban J connectivity index is 1.73. The molecule has 0 fully saturated rings. The highest BCUT2D eigenvalue weighted by molar-refractivity contribution is 5.92. The number of aryl methyl sites for hydroxylation is 1. The Labute approximate surface area is 143 Å². The number of aromatic nitrogens is 6. The lowest BCUT2D eigenvalue weighted by molar-refractivity contribution is 0.0781. The fourth-order valence-electron chi connectivity index (χ4n) is 2.60. The van der Waals surface area contributed by atoms with Gasteiger partial charge in [0.15, 0.2) is 11.5 Å². The molecule has 25 heavy (non-hydrogen) atoms. The van der Waals surface area contributed by atoms with Crippen LogP contribution in [0.3, 0.4) is 0 Å². The summed E-state index contributed by atoms with van der Waals surface area (Å²) >= 11 is 0. The molecule has 3 aromatic rings. The summed E-state index contributed by atoms with van der Waals surface area (Å²) in [5.74, 6) is -0.0324. The molecule has 1 atom stereocenters. The van der Waals surface area contributed by atoms with Crippen LogP contribution in [0.15, 0.2) is 30.5 Å². The summed E-state index contributed by atoms with van der Waals surface area (Å²) in [5.41, 5.74) is 1.77. The zero-order valence-electron chi connectivity index (χ0n) is 14.1. The van der Waals surface area contributed by atoms with Crippen LogP contribution in [-0.4, -0.2) is 54.8 Å². The van der Waals surface area contributed by atoms with Crippen molar-refractivity contribution in [1.29, 1.82) is 0 Å². The topological polar surface area (TPSA) is 92.6 Å². The Hall–Kier alpha value is -3.10. The first-order valence-corrected chi connectivity index (χ1v) is 7.76. The summed E-state index contributed by atoms with van der Waals surface area (Å²) in [6.07, 6.45) is 1.68. The Bertz CT molecular complexity index is 875. The summed E-state index contributed by atoms with van der Waals surface area (Å²) in [7, 11) is 1.70. The molecule has 0 aliphatic carbocycles. The molecule has 1 N–H and O–H groups in total. The number of hydrogen-bond donors (Lipinski definition) is 1. The number of benzene rings is 1. The number of halogens is 1. The van der Waals surface area contributed by atoms with Gasteiger partial charge in [0, 0.05) is 25.7 Å². The first-order valence-electron chi connectivity index (χ1n) is 7.76. The molecule has 2 aromatic heterocycles. The summed E-state index contributed by atoms with van der Waals surface area (Å²) in [5, 5.41) is 18.1. The largest absolute Gasteiger partial charge is 0.340 e. The molecular formula is C16H18FN7O. The number of hydrogen-bond acceptors (Lipinski definition) is 5. The van der Waals surface area contributed by atoms with Crippen molar-refractivity contribution in [3.8, 4) is 5.69 Å². The van der Waals surface area contributed by atoms with Crippen LogP contribution in [0, 0.1) is 12.7 Å². The lowest BCUT2D eigenvalue weighted by Gasteiger charge is -2.18. The van der Waals surface area contributed by atoms with Gasteiger partial charge < -0.3 is 4.90 Å². The van der Waals surface area contributed by atoms with Crippen LogP contribution in [0.1, 0.15) is 34.7 Å².